The summed E-state index contributed by atoms with van der Waals surface area (Å²) in [5, 5.41) is 0. The van der Waals surface area contributed by atoms with Crippen molar-refractivity contribution in [2.75, 3.05) is 0 Å². The molecule has 36 valence electrons. The molecular formula is C5H4OSe. The molecule has 0 bridgehead atoms. The Labute approximate surface area is 45.8 Å². The van der Waals surface area contributed by atoms with Crippen molar-refractivity contribution >= 4 is 18.2 Å². The number of hydrogen-bond acceptors (Lipinski definition) is 1. The third-order valence-electron chi connectivity index (χ3n) is 0.658. The summed E-state index contributed by atoms with van der Waals surface area (Å²) in [6, 6.07) is 0. The van der Waals surface area contributed by atoms with Gasteiger partial charge in [-0.1, -0.05) is 0 Å². The quantitative estimate of drug-likeness (QED) is 0.465. The Morgan fingerprint density at radius 1 is 1.29 bits per heavy atom. The van der Waals surface area contributed by atoms with Crippen molar-refractivity contribution in [2.45, 2.75) is 0 Å². The first kappa shape index (κ1) is 4.73. The first-order valence-electron chi connectivity index (χ1n) is 1.88. The molecule has 7 heavy (non-hydrogen) atoms. The molecule has 0 N–H and O–H groups in total. The molecule has 0 amide bonds. The fraction of sp³-hybridized carbons (Fsp3) is 0. The normalized spacial score (nSPS) is 17.7. The van der Waals surface area contributed by atoms with E-state index in [9.17, 15) is 4.79 Å². The summed E-state index contributed by atoms with van der Waals surface area (Å²) in [4.78, 5) is 15.6. The van der Waals surface area contributed by atoms with E-state index in [1.54, 1.807) is 0 Å². The molecule has 0 spiro atoms. The summed E-state index contributed by atoms with van der Waals surface area (Å²) in [7, 11) is 0. The van der Waals surface area contributed by atoms with E-state index in [-0.39, 0.29) is 0 Å². The molecule has 0 saturated heterocycles. The second-order valence-corrected chi connectivity index (χ2v) is 4.16. The molecule has 1 aliphatic heterocycles. The van der Waals surface area contributed by atoms with Gasteiger partial charge in [0.2, 0.25) is 0 Å². The number of carbonyl (C=O) groups excluding carboxylic acids is 1. The van der Waals surface area contributed by atoms with Crippen LogP contribution in [0.3, 0.4) is 0 Å². The molecule has 2 heteroatoms. The molecule has 0 fully saturated rings. The summed E-state index contributed by atoms with van der Waals surface area (Å²) in [6.07, 6.45) is 3.80. The van der Waals surface area contributed by atoms with Gasteiger partial charge in [-0.25, -0.2) is 0 Å². The van der Waals surface area contributed by atoms with Crippen LogP contribution in [0.5, 0.6) is 0 Å². The van der Waals surface area contributed by atoms with Crippen molar-refractivity contribution in [1.29, 1.82) is 0 Å². The van der Waals surface area contributed by atoms with Crippen LogP contribution >= 0.6 is 0 Å². The van der Waals surface area contributed by atoms with E-state index in [0.29, 0.717) is 0 Å². The van der Waals surface area contributed by atoms with E-state index in [2.05, 4.69) is 0 Å². The van der Waals surface area contributed by atoms with Crippen LogP contribution in [-0.4, -0.2) is 18.2 Å². The standard InChI is InChI=1S/C5H4OSe/c6-5-7-3-1-2-4-7/h1-4H. The SMILES string of the molecule is O=C=[Se]1C=CC=C1. The monoisotopic (exact) mass is 160 g/mol. The Morgan fingerprint density at radius 3 is 2.14 bits per heavy atom. The van der Waals surface area contributed by atoms with E-state index in [1.165, 1.54) is 0 Å². The Morgan fingerprint density at radius 2 is 1.86 bits per heavy atom. The van der Waals surface area contributed by atoms with Crippen LogP contribution in [0.2, 0.25) is 0 Å². The summed E-state index contributed by atoms with van der Waals surface area (Å²) in [6.45, 7) is 0. The zero-order valence-corrected chi connectivity index (χ0v) is 5.34. The topological polar surface area (TPSA) is 17.1 Å². The van der Waals surface area contributed by atoms with E-state index in [1.807, 2.05) is 26.9 Å². The van der Waals surface area contributed by atoms with E-state index in [4.69, 9.17) is 0 Å². The van der Waals surface area contributed by atoms with Crippen LogP contribution in [0.1, 0.15) is 0 Å². The minimum absolute atomic E-state index is 1.11. The summed E-state index contributed by atoms with van der Waals surface area (Å²) in [5.41, 5.74) is 0. The van der Waals surface area contributed by atoms with Crippen LogP contribution < -0.4 is 0 Å². The van der Waals surface area contributed by atoms with Gasteiger partial charge in [-0.2, -0.15) is 0 Å². The fourth-order valence-corrected chi connectivity index (χ4v) is 1.88. The van der Waals surface area contributed by atoms with Crippen molar-refractivity contribution < 1.29 is 4.79 Å². The zero-order valence-electron chi connectivity index (χ0n) is 3.63. The molecule has 1 heterocycles. The molecule has 1 rings (SSSR count). The molecule has 0 aromatic heterocycles. The van der Waals surface area contributed by atoms with Gasteiger partial charge in [0.1, 0.15) is 0 Å². The van der Waals surface area contributed by atoms with Gasteiger partial charge in [0.05, 0.1) is 0 Å². The van der Waals surface area contributed by atoms with Gasteiger partial charge in [-0.05, 0) is 0 Å². The van der Waals surface area contributed by atoms with Gasteiger partial charge in [-0.15, -0.1) is 0 Å². The number of allylic oxidation sites excluding steroid dienone is 2. The van der Waals surface area contributed by atoms with Crippen LogP contribution in [0.4, 0.5) is 0 Å². The molecule has 0 atom stereocenters. The summed E-state index contributed by atoms with van der Waals surface area (Å²) < 4.78 is 0. The molecule has 1 nitrogen and oxygen atoms in total. The number of hydrogen-bond donors (Lipinski definition) is 0. The molecule has 0 saturated carbocycles. The van der Waals surface area contributed by atoms with Crippen LogP contribution in [0.25, 0.3) is 0 Å². The Bertz CT molecular complexity index is 159. The Kier molecular flexibility index (Phi) is 1.38. The first-order valence-corrected chi connectivity index (χ1v) is 4.71. The van der Waals surface area contributed by atoms with Crippen LogP contribution in [0.15, 0.2) is 22.1 Å². The average molecular weight is 159 g/mol. The van der Waals surface area contributed by atoms with Crippen molar-refractivity contribution in [3.63, 3.8) is 0 Å². The molecule has 0 unspecified atom stereocenters. The molecule has 0 aromatic rings. The molecule has 1 aliphatic rings. The molecular weight excluding hydrogens is 155 g/mol. The predicted octanol–water partition coefficient (Wildman–Crippen LogP) is 0.335. The van der Waals surface area contributed by atoms with E-state index >= 15 is 0 Å². The summed E-state index contributed by atoms with van der Waals surface area (Å²) in [5.74, 6) is 0. The fourth-order valence-electron chi connectivity index (χ4n) is 0.361. The van der Waals surface area contributed by atoms with Crippen LogP contribution in [0, 0.1) is 0 Å². The maximum absolute atomic E-state index is 9.84. The Hall–Kier alpha value is -0.421. The van der Waals surface area contributed by atoms with E-state index < -0.39 is 13.5 Å². The average Bonchev–Trinajstić information content (AvgIpc) is 2.14. The van der Waals surface area contributed by atoms with Gasteiger partial charge >= 0.3 is 45.1 Å². The maximum atomic E-state index is 9.84. The third-order valence-corrected chi connectivity index (χ3v) is 2.95. The van der Waals surface area contributed by atoms with Crippen molar-refractivity contribution in [3.8, 4) is 0 Å². The van der Waals surface area contributed by atoms with Crippen molar-refractivity contribution in [2.24, 2.45) is 0 Å². The minimum atomic E-state index is -1.11. The predicted molar refractivity (Wildman–Crippen MR) is 29.7 cm³/mol. The summed E-state index contributed by atoms with van der Waals surface area (Å²) >= 11 is -1.11. The van der Waals surface area contributed by atoms with Gasteiger partial charge < -0.3 is 0 Å². The molecule has 0 aromatic carbocycles. The van der Waals surface area contributed by atoms with Gasteiger partial charge in [0, 0.05) is 0 Å². The molecule has 0 aliphatic carbocycles. The number of rotatable bonds is 0. The van der Waals surface area contributed by atoms with Crippen molar-refractivity contribution in [3.05, 3.63) is 22.1 Å². The van der Waals surface area contributed by atoms with Crippen LogP contribution in [-0.2, 0) is 4.79 Å². The third kappa shape index (κ3) is 0.971. The zero-order chi connectivity index (χ0) is 5.11. The second-order valence-electron chi connectivity index (χ2n) is 1.11. The van der Waals surface area contributed by atoms with Gasteiger partial charge in [-0.3, -0.25) is 0 Å². The first-order chi connectivity index (χ1) is 3.43. The second kappa shape index (κ2) is 2.04. The van der Waals surface area contributed by atoms with E-state index in [0.717, 1.165) is 0 Å². The molecule has 0 radical (unpaired) electrons. The van der Waals surface area contributed by atoms with Gasteiger partial charge in [0.15, 0.2) is 0 Å². The van der Waals surface area contributed by atoms with Gasteiger partial charge in [0.25, 0.3) is 0 Å². The Balaban J connectivity index is 3.00. The van der Waals surface area contributed by atoms with Crippen molar-refractivity contribution in [1.82, 2.24) is 0 Å².